The summed E-state index contributed by atoms with van der Waals surface area (Å²) in [7, 11) is 4.42. The summed E-state index contributed by atoms with van der Waals surface area (Å²) in [6, 6.07) is 10.5. The van der Waals surface area contributed by atoms with Crippen LogP contribution in [0.25, 0.3) is 0 Å². The van der Waals surface area contributed by atoms with Crippen molar-refractivity contribution in [3.8, 4) is 17.2 Å². The number of aryl methyl sites for hydroxylation is 1. The molecule has 0 saturated carbocycles. The number of hydrogen-bond donors (Lipinski definition) is 2. The average molecular weight is 470 g/mol. The molecule has 0 spiro atoms. The molecule has 0 atom stereocenters. The Morgan fingerprint density at radius 3 is 2.12 bits per heavy atom. The van der Waals surface area contributed by atoms with Crippen LogP contribution in [0, 0.1) is 6.92 Å². The molecule has 0 aliphatic carbocycles. The highest BCUT2D eigenvalue weighted by molar-refractivity contribution is 5.98. The Bertz CT molecular complexity index is 1020. The highest BCUT2D eigenvalue weighted by Gasteiger charge is 2.25. The van der Waals surface area contributed by atoms with Gasteiger partial charge in [0, 0.05) is 30.3 Å². The van der Waals surface area contributed by atoms with Crippen molar-refractivity contribution in [2.24, 2.45) is 0 Å². The summed E-state index contributed by atoms with van der Waals surface area (Å²) in [5.41, 5.74) is 1.88. The molecule has 0 radical (unpaired) electrons. The maximum Gasteiger partial charge on any atom is 0.251 e. The van der Waals surface area contributed by atoms with Gasteiger partial charge in [-0.25, -0.2) is 0 Å². The smallest absolute Gasteiger partial charge is 0.251 e. The molecule has 3 amide bonds. The number of amides is 3. The molecule has 3 rings (SSSR count). The lowest BCUT2D eigenvalue weighted by Gasteiger charge is -2.32. The van der Waals surface area contributed by atoms with E-state index in [-0.39, 0.29) is 24.4 Å². The number of rotatable bonds is 8. The molecule has 0 unspecified atom stereocenters. The Kier molecular flexibility index (Phi) is 8.34. The fourth-order valence-corrected chi connectivity index (χ4v) is 3.95. The molecule has 1 fully saturated rings. The number of benzene rings is 2. The van der Waals surface area contributed by atoms with E-state index in [0.717, 1.165) is 5.56 Å². The van der Waals surface area contributed by atoms with E-state index in [1.165, 1.54) is 33.5 Å². The second-order valence-electron chi connectivity index (χ2n) is 8.04. The van der Waals surface area contributed by atoms with Gasteiger partial charge in [0.25, 0.3) is 11.8 Å². The third-order valence-electron chi connectivity index (χ3n) is 5.90. The van der Waals surface area contributed by atoms with E-state index in [1.807, 2.05) is 25.1 Å². The highest BCUT2D eigenvalue weighted by Crippen LogP contribution is 2.38. The van der Waals surface area contributed by atoms with Gasteiger partial charge in [0.1, 0.15) is 0 Å². The van der Waals surface area contributed by atoms with E-state index < -0.39 is 5.91 Å². The molecule has 2 aromatic rings. The number of carbonyl (C=O) groups is 3. The van der Waals surface area contributed by atoms with Gasteiger partial charge in [-0.05, 0) is 43.5 Å². The van der Waals surface area contributed by atoms with Gasteiger partial charge in [-0.3, -0.25) is 14.4 Å². The zero-order chi connectivity index (χ0) is 24.7. The topological polar surface area (TPSA) is 106 Å². The van der Waals surface area contributed by atoms with Crippen LogP contribution in [0.2, 0.25) is 0 Å². The van der Waals surface area contributed by atoms with Gasteiger partial charge in [-0.1, -0.05) is 18.2 Å². The van der Waals surface area contributed by atoms with Crippen LogP contribution in [-0.4, -0.2) is 69.6 Å². The van der Waals surface area contributed by atoms with Gasteiger partial charge >= 0.3 is 0 Å². The van der Waals surface area contributed by atoms with Crippen LogP contribution < -0.4 is 24.8 Å². The molecule has 9 heteroatoms. The largest absolute Gasteiger partial charge is 0.493 e. The molecule has 34 heavy (non-hydrogen) atoms. The van der Waals surface area contributed by atoms with E-state index in [4.69, 9.17) is 14.2 Å². The summed E-state index contributed by atoms with van der Waals surface area (Å²) in [6.07, 6.45) is 1.31. The lowest BCUT2D eigenvalue weighted by Crippen LogP contribution is -2.49. The molecule has 1 aliphatic heterocycles. The summed E-state index contributed by atoms with van der Waals surface area (Å²) in [5, 5.41) is 5.71. The summed E-state index contributed by atoms with van der Waals surface area (Å²) in [4.78, 5) is 39.5. The number of piperidine rings is 1. The predicted molar refractivity (Wildman–Crippen MR) is 127 cm³/mol. The van der Waals surface area contributed by atoms with E-state index in [9.17, 15) is 14.4 Å². The molecular formula is C25H31N3O6. The van der Waals surface area contributed by atoms with E-state index >= 15 is 0 Å². The van der Waals surface area contributed by atoms with Gasteiger partial charge in [0.2, 0.25) is 11.7 Å². The van der Waals surface area contributed by atoms with Crippen LogP contribution in [0.1, 0.15) is 39.1 Å². The summed E-state index contributed by atoms with van der Waals surface area (Å²) < 4.78 is 15.8. The number of ether oxygens (including phenoxy) is 3. The minimum atomic E-state index is -0.423. The molecule has 0 aromatic heterocycles. The number of hydrogen-bond acceptors (Lipinski definition) is 6. The summed E-state index contributed by atoms with van der Waals surface area (Å²) >= 11 is 0. The Hall–Kier alpha value is -3.75. The Labute approximate surface area is 199 Å². The van der Waals surface area contributed by atoms with Crippen LogP contribution >= 0.6 is 0 Å². The fraction of sp³-hybridized carbons (Fsp3) is 0.400. The molecular weight excluding hydrogens is 438 g/mol. The van der Waals surface area contributed by atoms with Crippen LogP contribution in [0.4, 0.5) is 0 Å². The number of nitrogens with zero attached hydrogens (tertiary/aromatic N) is 1. The van der Waals surface area contributed by atoms with Crippen molar-refractivity contribution in [3.63, 3.8) is 0 Å². The van der Waals surface area contributed by atoms with Crippen molar-refractivity contribution in [2.75, 3.05) is 41.0 Å². The predicted octanol–water partition coefficient (Wildman–Crippen LogP) is 2.17. The SMILES string of the molecule is COc1cc(C(=O)NCC(=O)N2CCC(NC(=O)c3ccccc3C)CC2)cc(OC)c1OC. The van der Waals surface area contributed by atoms with Crippen molar-refractivity contribution >= 4 is 17.7 Å². The standard InChI is InChI=1S/C25H31N3O6/c1-16-7-5-6-8-19(16)25(31)27-18-9-11-28(12-10-18)22(29)15-26-24(30)17-13-20(32-2)23(34-4)21(14-17)33-3/h5-8,13-14,18H,9-12,15H2,1-4H3,(H,26,30)(H,27,31). The average Bonchev–Trinajstić information content (AvgIpc) is 2.86. The third-order valence-corrected chi connectivity index (χ3v) is 5.90. The van der Waals surface area contributed by atoms with Crippen molar-refractivity contribution in [1.82, 2.24) is 15.5 Å². The molecule has 182 valence electrons. The van der Waals surface area contributed by atoms with Gasteiger partial charge in [0.05, 0.1) is 27.9 Å². The monoisotopic (exact) mass is 469 g/mol. The number of likely N-dealkylation sites (tertiary alicyclic amines) is 1. The van der Waals surface area contributed by atoms with Gasteiger partial charge in [-0.2, -0.15) is 0 Å². The Morgan fingerprint density at radius 2 is 1.56 bits per heavy atom. The normalized spacial score (nSPS) is 13.7. The third kappa shape index (κ3) is 5.78. The minimum absolute atomic E-state index is 0.00461. The van der Waals surface area contributed by atoms with Crippen molar-refractivity contribution in [1.29, 1.82) is 0 Å². The van der Waals surface area contributed by atoms with Crippen LogP contribution in [0.3, 0.4) is 0 Å². The van der Waals surface area contributed by atoms with E-state index in [2.05, 4.69) is 10.6 Å². The first-order chi connectivity index (χ1) is 16.4. The second-order valence-corrected chi connectivity index (χ2v) is 8.04. The number of carbonyl (C=O) groups excluding carboxylic acids is 3. The highest BCUT2D eigenvalue weighted by atomic mass is 16.5. The van der Waals surface area contributed by atoms with Crippen molar-refractivity contribution < 1.29 is 28.6 Å². The Balaban J connectivity index is 1.50. The van der Waals surface area contributed by atoms with Crippen molar-refractivity contribution in [2.45, 2.75) is 25.8 Å². The molecule has 0 bridgehead atoms. The molecule has 1 aliphatic rings. The maximum absolute atomic E-state index is 12.6. The molecule has 9 nitrogen and oxygen atoms in total. The van der Waals surface area contributed by atoms with E-state index in [0.29, 0.717) is 54.3 Å². The number of nitrogens with one attached hydrogen (secondary N) is 2. The lowest BCUT2D eigenvalue weighted by atomic mass is 10.0. The Morgan fingerprint density at radius 1 is 0.941 bits per heavy atom. The van der Waals surface area contributed by atoms with Crippen molar-refractivity contribution in [3.05, 3.63) is 53.1 Å². The minimum Gasteiger partial charge on any atom is -0.493 e. The van der Waals surface area contributed by atoms with Gasteiger partial charge in [0.15, 0.2) is 11.5 Å². The zero-order valence-corrected chi connectivity index (χ0v) is 20.0. The van der Waals surface area contributed by atoms with Crippen LogP contribution in [0.5, 0.6) is 17.2 Å². The summed E-state index contributed by atoms with van der Waals surface area (Å²) in [5.74, 6) is 0.397. The maximum atomic E-state index is 12.6. The quantitative estimate of drug-likeness (QED) is 0.614. The number of methoxy groups -OCH3 is 3. The molecule has 1 heterocycles. The molecule has 2 aromatic carbocycles. The van der Waals surface area contributed by atoms with Gasteiger partial charge in [-0.15, -0.1) is 0 Å². The van der Waals surface area contributed by atoms with Crippen LogP contribution in [-0.2, 0) is 4.79 Å². The van der Waals surface area contributed by atoms with E-state index in [1.54, 1.807) is 11.0 Å². The second kappa shape index (κ2) is 11.4. The molecule has 2 N–H and O–H groups in total. The fourth-order valence-electron chi connectivity index (χ4n) is 3.95. The first-order valence-corrected chi connectivity index (χ1v) is 11.1. The van der Waals surface area contributed by atoms with Crippen LogP contribution in [0.15, 0.2) is 36.4 Å². The zero-order valence-electron chi connectivity index (χ0n) is 20.0. The first kappa shape index (κ1) is 24.9. The van der Waals surface area contributed by atoms with Gasteiger partial charge < -0.3 is 29.7 Å². The summed E-state index contributed by atoms with van der Waals surface area (Å²) in [6.45, 7) is 2.80. The first-order valence-electron chi connectivity index (χ1n) is 11.1. The molecule has 1 saturated heterocycles. The lowest BCUT2D eigenvalue weighted by molar-refractivity contribution is -0.131.